The molecule has 1 aromatic carbocycles. The molecule has 2 rings (SSSR count). The Labute approximate surface area is 103 Å². The molecule has 0 saturated carbocycles. The number of carbonyl (C=O) groups is 1. The molecule has 3 nitrogen and oxygen atoms in total. The summed E-state index contributed by atoms with van der Waals surface area (Å²) < 4.78 is 28.3. The molecule has 0 saturated heterocycles. The fraction of sp³-hybridized carbons (Fsp3) is 0.231. The molecule has 0 atom stereocenters. The van der Waals surface area contributed by atoms with Gasteiger partial charge in [-0.25, -0.2) is 8.78 Å². The van der Waals surface area contributed by atoms with Crippen LogP contribution in [-0.4, -0.2) is 15.6 Å². The fourth-order valence-corrected chi connectivity index (χ4v) is 1.75. The topological polar surface area (TPSA) is 34.9 Å². The van der Waals surface area contributed by atoms with E-state index >= 15 is 0 Å². The van der Waals surface area contributed by atoms with E-state index in [1.165, 1.54) is 6.07 Å². The Hall–Kier alpha value is -2.04. The molecular formula is C13H12F2N2O. The van der Waals surface area contributed by atoms with E-state index < -0.39 is 23.0 Å². The first-order valence-corrected chi connectivity index (χ1v) is 5.52. The zero-order chi connectivity index (χ0) is 13.1. The first-order valence-electron chi connectivity index (χ1n) is 5.52. The standard InChI is InChI=1S/C13H12F2N2O/c1-17-8-9(7-16-17)5-6-12(18)13-10(14)3-2-4-11(13)15/h2-4,7-8H,5-6H2,1H3. The number of hydrogen-bond donors (Lipinski definition) is 0. The molecule has 0 fully saturated rings. The molecular weight excluding hydrogens is 238 g/mol. The van der Waals surface area contributed by atoms with E-state index in [1.807, 2.05) is 0 Å². The Kier molecular flexibility index (Phi) is 3.50. The second-order valence-corrected chi connectivity index (χ2v) is 4.04. The Bertz CT molecular complexity index is 558. The summed E-state index contributed by atoms with van der Waals surface area (Å²) in [6, 6.07) is 3.41. The Morgan fingerprint density at radius 3 is 2.56 bits per heavy atom. The second kappa shape index (κ2) is 5.08. The van der Waals surface area contributed by atoms with Crippen LogP contribution in [0.15, 0.2) is 30.6 Å². The largest absolute Gasteiger partial charge is 0.294 e. The quantitative estimate of drug-likeness (QED) is 0.781. The maximum absolute atomic E-state index is 13.4. The van der Waals surface area contributed by atoms with Gasteiger partial charge in [0.15, 0.2) is 5.78 Å². The third kappa shape index (κ3) is 2.61. The number of rotatable bonds is 4. The minimum Gasteiger partial charge on any atom is -0.294 e. The number of nitrogens with zero attached hydrogens (tertiary/aromatic N) is 2. The van der Waals surface area contributed by atoms with Crippen LogP contribution < -0.4 is 0 Å². The smallest absolute Gasteiger partial charge is 0.169 e. The third-order valence-corrected chi connectivity index (χ3v) is 2.64. The molecule has 0 amide bonds. The van der Waals surface area contributed by atoms with Crippen LogP contribution >= 0.6 is 0 Å². The van der Waals surface area contributed by atoms with Crippen LogP contribution in [0.5, 0.6) is 0 Å². The number of aryl methyl sites for hydroxylation is 2. The van der Waals surface area contributed by atoms with Gasteiger partial charge >= 0.3 is 0 Å². The van der Waals surface area contributed by atoms with Gasteiger partial charge in [-0.3, -0.25) is 9.48 Å². The first-order chi connectivity index (χ1) is 8.58. The van der Waals surface area contributed by atoms with E-state index in [2.05, 4.69) is 5.10 Å². The van der Waals surface area contributed by atoms with Crippen molar-refractivity contribution in [3.8, 4) is 0 Å². The van der Waals surface area contributed by atoms with Crippen molar-refractivity contribution in [2.45, 2.75) is 12.8 Å². The van der Waals surface area contributed by atoms with Crippen molar-refractivity contribution >= 4 is 5.78 Å². The minimum atomic E-state index is -0.814. The Morgan fingerprint density at radius 2 is 2.00 bits per heavy atom. The fourth-order valence-electron chi connectivity index (χ4n) is 1.75. The number of carbonyl (C=O) groups excluding carboxylic acids is 1. The highest BCUT2D eigenvalue weighted by molar-refractivity contribution is 5.96. The molecule has 0 bridgehead atoms. The molecule has 18 heavy (non-hydrogen) atoms. The van der Waals surface area contributed by atoms with Crippen LogP contribution in [0.1, 0.15) is 22.3 Å². The number of Topliss-reactive ketones (excluding diaryl/α,β-unsaturated/α-hetero) is 1. The molecule has 0 aliphatic rings. The Morgan fingerprint density at radius 1 is 1.33 bits per heavy atom. The zero-order valence-corrected chi connectivity index (χ0v) is 9.86. The van der Waals surface area contributed by atoms with Crippen molar-refractivity contribution in [1.82, 2.24) is 9.78 Å². The highest BCUT2D eigenvalue weighted by atomic mass is 19.1. The monoisotopic (exact) mass is 250 g/mol. The van der Waals surface area contributed by atoms with E-state index in [9.17, 15) is 13.6 Å². The molecule has 0 unspecified atom stereocenters. The van der Waals surface area contributed by atoms with Crippen LogP contribution in [-0.2, 0) is 13.5 Å². The SMILES string of the molecule is Cn1cc(CCC(=O)c2c(F)cccc2F)cn1. The summed E-state index contributed by atoms with van der Waals surface area (Å²) in [5, 5.41) is 3.96. The number of hydrogen-bond acceptors (Lipinski definition) is 2. The number of halogens is 2. The first kappa shape index (κ1) is 12.4. The summed E-state index contributed by atoms with van der Waals surface area (Å²) >= 11 is 0. The molecule has 0 aliphatic heterocycles. The third-order valence-electron chi connectivity index (χ3n) is 2.64. The lowest BCUT2D eigenvalue weighted by Crippen LogP contribution is -2.07. The summed E-state index contributed by atoms with van der Waals surface area (Å²) in [6.45, 7) is 0. The highest BCUT2D eigenvalue weighted by Gasteiger charge is 2.16. The highest BCUT2D eigenvalue weighted by Crippen LogP contribution is 2.15. The van der Waals surface area contributed by atoms with Gasteiger partial charge in [0.25, 0.3) is 0 Å². The van der Waals surface area contributed by atoms with Gasteiger partial charge in [0.1, 0.15) is 11.6 Å². The maximum Gasteiger partial charge on any atom is 0.169 e. The van der Waals surface area contributed by atoms with Crippen molar-refractivity contribution < 1.29 is 13.6 Å². The zero-order valence-electron chi connectivity index (χ0n) is 9.86. The van der Waals surface area contributed by atoms with Crippen LogP contribution in [0.3, 0.4) is 0 Å². The van der Waals surface area contributed by atoms with Gasteiger partial charge in [-0.2, -0.15) is 5.10 Å². The molecule has 0 spiro atoms. The second-order valence-electron chi connectivity index (χ2n) is 4.04. The van der Waals surface area contributed by atoms with Gasteiger partial charge in [0.05, 0.1) is 11.8 Å². The number of aromatic nitrogens is 2. The molecule has 1 heterocycles. The molecule has 0 radical (unpaired) electrons. The van der Waals surface area contributed by atoms with Gasteiger partial charge < -0.3 is 0 Å². The molecule has 2 aromatic rings. The maximum atomic E-state index is 13.4. The summed E-state index contributed by atoms with van der Waals surface area (Å²) in [7, 11) is 1.77. The van der Waals surface area contributed by atoms with Crippen molar-refractivity contribution in [1.29, 1.82) is 0 Å². The molecule has 5 heteroatoms. The van der Waals surface area contributed by atoms with E-state index in [0.29, 0.717) is 6.42 Å². The minimum absolute atomic E-state index is 0.0591. The van der Waals surface area contributed by atoms with Gasteiger partial charge in [0, 0.05) is 19.7 Å². The summed E-state index contributed by atoms with van der Waals surface area (Å²) in [5.41, 5.74) is 0.406. The lowest BCUT2D eigenvalue weighted by Gasteiger charge is -2.03. The average molecular weight is 250 g/mol. The van der Waals surface area contributed by atoms with Gasteiger partial charge in [0.2, 0.25) is 0 Å². The predicted octanol–water partition coefficient (Wildman–Crippen LogP) is 2.51. The molecule has 94 valence electrons. The van der Waals surface area contributed by atoms with Crippen LogP contribution in [0, 0.1) is 11.6 Å². The predicted molar refractivity (Wildman–Crippen MR) is 62.2 cm³/mol. The summed E-state index contributed by atoms with van der Waals surface area (Å²) in [5.74, 6) is -2.16. The number of benzene rings is 1. The van der Waals surface area contributed by atoms with Gasteiger partial charge in [-0.05, 0) is 24.1 Å². The van der Waals surface area contributed by atoms with Crippen molar-refractivity contribution in [3.63, 3.8) is 0 Å². The summed E-state index contributed by atoms with van der Waals surface area (Å²) in [4.78, 5) is 11.8. The molecule has 1 aromatic heterocycles. The van der Waals surface area contributed by atoms with Gasteiger partial charge in [-0.15, -0.1) is 0 Å². The Balaban J connectivity index is 2.08. The molecule has 0 N–H and O–H groups in total. The van der Waals surface area contributed by atoms with Crippen molar-refractivity contribution in [2.24, 2.45) is 7.05 Å². The average Bonchev–Trinajstić information content (AvgIpc) is 2.72. The lowest BCUT2D eigenvalue weighted by atomic mass is 10.0. The molecule has 0 aliphatic carbocycles. The summed E-state index contributed by atoms with van der Waals surface area (Å²) in [6.07, 6.45) is 3.87. The van der Waals surface area contributed by atoms with Crippen molar-refractivity contribution in [3.05, 3.63) is 53.4 Å². The van der Waals surface area contributed by atoms with Crippen LogP contribution in [0.4, 0.5) is 8.78 Å². The van der Waals surface area contributed by atoms with Gasteiger partial charge in [-0.1, -0.05) is 6.07 Å². The normalized spacial score (nSPS) is 10.6. The van der Waals surface area contributed by atoms with Crippen molar-refractivity contribution in [2.75, 3.05) is 0 Å². The van der Waals surface area contributed by atoms with E-state index in [1.54, 1.807) is 24.1 Å². The van der Waals surface area contributed by atoms with E-state index in [4.69, 9.17) is 0 Å². The lowest BCUT2D eigenvalue weighted by molar-refractivity contribution is 0.0974. The van der Waals surface area contributed by atoms with Crippen LogP contribution in [0.2, 0.25) is 0 Å². The number of ketones is 1. The van der Waals surface area contributed by atoms with E-state index in [0.717, 1.165) is 17.7 Å². The van der Waals surface area contributed by atoms with E-state index in [-0.39, 0.29) is 6.42 Å². The van der Waals surface area contributed by atoms with Crippen LogP contribution in [0.25, 0.3) is 0 Å².